The molecule has 1 aliphatic heterocycles. The molecule has 0 radical (unpaired) electrons. The second kappa shape index (κ2) is 8.21. The van der Waals surface area contributed by atoms with Crippen LogP contribution in [0.25, 0.3) is 0 Å². The van der Waals surface area contributed by atoms with E-state index in [2.05, 4.69) is 10.2 Å². The van der Waals surface area contributed by atoms with Crippen molar-refractivity contribution in [2.75, 3.05) is 5.01 Å². The summed E-state index contributed by atoms with van der Waals surface area (Å²) >= 11 is 0. The van der Waals surface area contributed by atoms with E-state index in [9.17, 15) is 27.6 Å². The zero-order chi connectivity index (χ0) is 21.0. The maximum absolute atomic E-state index is 12.1. The Hall–Kier alpha value is -3.56. The number of hydrogen-bond donors (Lipinski definition) is 1. The molecule has 1 saturated heterocycles. The second-order valence-corrected chi connectivity index (χ2v) is 6.08. The number of hydrazine groups is 1. The van der Waals surface area contributed by atoms with E-state index >= 15 is 0 Å². The first-order chi connectivity index (χ1) is 13.7. The van der Waals surface area contributed by atoms with Crippen LogP contribution in [-0.4, -0.2) is 24.1 Å². The number of esters is 1. The molecule has 2 amide bonds. The van der Waals surface area contributed by atoms with Crippen LogP contribution in [0.3, 0.4) is 0 Å². The van der Waals surface area contributed by atoms with Gasteiger partial charge in [-0.2, -0.15) is 0 Å². The summed E-state index contributed by atoms with van der Waals surface area (Å²) in [6, 6.07) is 10.8. The Labute approximate surface area is 163 Å². The molecule has 2 aromatic carbocycles. The molecule has 1 heterocycles. The average molecular weight is 408 g/mol. The zero-order valence-electron chi connectivity index (χ0n) is 14.9. The summed E-state index contributed by atoms with van der Waals surface area (Å²) in [5, 5.41) is 1.12. The zero-order valence-corrected chi connectivity index (χ0v) is 14.9. The molecule has 1 fully saturated rings. The van der Waals surface area contributed by atoms with Crippen LogP contribution < -0.4 is 15.2 Å². The Bertz CT molecular complexity index is 911. The maximum Gasteiger partial charge on any atom is 0.573 e. The number of rotatable bonds is 5. The lowest BCUT2D eigenvalue weighted by Crippen LogP contribution is -2.50. The molecule has 0 aromatic heterocycles. The monoisotopic (exact) mass is 408 g/mol. The smallest absolute Gasteiger partial charge is 0.457 e. The summed E-state index contributed by atoms with van der Waals surface area (Å²) in [7, 11) is 0. The van der Waals surface area contributed by atoms with Gasteiger partial charge in [-0.1, -0.05) is 12.1 Å². The SMILES string of the molecule is O=C1CCC(=O)N(c2ccc(C(=O)OCc3ccc(OC(F)(F)F)cc3)cc2)N1. The van der Waals surface area contributed by atoms with E-state index in [1.165, 1.54) is 36.4 Å². The second-order valence-electron chi connectivity index (χ2n) is 6.08. The Morgan fingerprint density at radius 3 is 2.28 bits per heavy atom. The van der Waals surface area contributed by atoms with Crippen molar-refractivity contribution in [2.45, 2.75) is 25.8 Å². The van der Waals surface area contributed by atoms with Crippen LogP contribution in [0.15, 0.2) is 48.5 Å². The van der Waals surface area contributed by atoms with Crippen molar-refractivity contribution in [1.82, 2.24) is 5.43 Å². The van der Waals surface area contributed by atoms with Crippen LogP contribution in [0.4, 0.5) is 18.9 Å². The van der Waals surface area contributed by atoms with E-state index in [0.717, 1.165) is 17.1 Å². The highest BCUT2D eigenvalue weighted by molar-refractivity contribution is 6.01. The predicted octanol–water partition coefficient (Wildman–Crippen LogP) is 3.10. The summed E-state index contributed by atoms with van der Waals surface area (Å²) in [6.45, 7) is -0.145. The Morgan fingerprint density at radius 1 is 1.00 bits per heavy atom. The third-order valence-electron chi connectivity index (χ3n) is 3.94. The molecular formula is C19H15F3N2O5. The fourth-order valence-corrected chi connectivity index (χ4v) is 2.55. The highest BCUT2D eigenvalue weighted by Gasteiger charge is 2.31. The lowest BCUT2D eigenvalue weighted by atomic mass is 10.1. The highest BCUT2D eigenvalue weighted by Crippen LogP contribution is 2.23. The molecule has 0 unspecified atom stereocenters. The van der Waals surface area contributed by atoms with Crippen molar-refractivity contribution in [3.63, 3.8) is 0 Å². The van der Waals surface area contributed by atoms with Crippen molar-refractivity contribution in [3.05, 3.63) is 59.7 Å². The van der Waals surface area contributed by atoms with Gasteiger partial charge in [-0.3, -0.25) is 15.0 Å². The number of benzene rings is 2. The third-order valence-corrected chi connectivity index (χ3v) is 3.94. The van der Waals surface area contributed by atoms with Crippen molar-refractivity contribution >= 4 is 23.5 Å². The van der Waals surface area contributed by atoms with Gasteiger partial charge in [-0.25, -0.2) is 9.80 Å². The number of amides is 2. The van der Waals surface area contributed by atoms with Crippen LogP contribution in [0.5, 0.6) is 5.75 Å². The van der Waals surface area contributed by atoms with Gasteiger partial charge in [0, 0.05) is 12.8 Å². The fraction of sp³-hybridized carbons (Fsp3) is 0.211. The standard InChI is InChI=1S/C19H15F3N2O5/c20-19(21,22)29-15-7-1-12(2-8-15)11-28-18(27)13-3-5-14(6-4-13)24-17(26)10-9-16(25)23-24/h1-8H,9-11H2,(H,23,25). The highest BCUT2D eigenvalue weighted by atomic mass is 19.4. The summed E-state index contributed by atoms with van der Waals surface area (Å²) in [5.74, 6) is -1.57. The molecule has 29 heavy (non-hydrogen) atoms. The minimum atomic E-state index is -4.78. The largest absolute Gasteiger partial charge is 0.573 e. The molecule has 0 aliphatic carbocycles. The molecule has 0 saturated carbocycles. The van der Waals surface area contributed by atoms with Gasteiger partial charge in [0.15, 0.2) is 0 Å². The number of anilines is 1. The van der Waals surface area contributed by atoms with Crippen LogP contribution in [0.1, 0.15) is 28.8 Å². The summed E-state index contributed by atoms with van der Waals surface area (Å²) in [6.07, 6.45) is -4.55. The van der Waals surface area contributed by atoms with E-state index in [0.29, 0.717) is 11.3 Å². The lowest BCUT2D eigenvalue weighted by Gasteiger charge is -2.27. The van der Waals surface area contributed by atoms with Gasteiger partial charge in [0.05, 0.1) is 11.3 Å². The Morgan fingerprint density at radius 2 is 1.66 bits per heavy atom. The molecular weight excluding hydrogens is 393 g/mol. The van der Waals surface area contributed by atoms with Gasteiger partial charge in [0.25, 0.3) is 0 Å². The van der Waals surface area contributed by atoms with Gasteiger partial charge < -0.3 is 9.47 Å². The molecule has 7 nitrogen and oxygen atoms in total. The molecule has 0 atom stereocenters. The first-order valence-corrected chi connectivity index (χ1v) is 8.45. The number of hydrogen-bond acceptors (Lipinski definition) is 5. The van der Waals surface area contributed by atoms with E-state index < -0.39 is 12.3 Å². The number of ether oxygens (including phenoxy) is 2. The molecule has 1 aliphatic rings. The Kier molecular flexibility index (Phi) is 5.71. The third kappa shape index (κ3) is 5.47. The number of carbonyl (C=O) groups is 3. The number of halogens is 3. The normalized spacial score (nSPS) is 14.4. The molecule has 10 heteroatoms. The van der Waals surface area contributed by atoms with Gasteiger partial charge in [-0.05, 0) is 42.0 Å². The van der Waals surface area contributed by atoms with Gasteiger partial charge in [0.2, 0.25) is 11.8 Å². The van der Waals surface area contributed by atoms with Gasteiger partial charge in [-0.15, -0.1) is 13.2 Å². The van der Waals surface area contributed by atoms with Crippen LogP contribution >= 0.6 is 0 Å². The number of nitrogens with zero attached hydrogens (tertiary/aromatic N) is 1. The topological polar surface area (TPSA) is 84.9 Å². The van der Waals surface area contributed by atoms with Crippen LogP contribution in [0, 0.1) is 0 Å². The van der Waals surface area contributed by atoms with Crippen molar-refractivity contribution in [1.29, 1.82) is 0 Å². The van der Waals surface area contributed by atoms with Gasteiger partial charge in [0.1, 0.15) is 12.4 Å². The maximum atomic E-state index is 12.1. The molecule has 1 N–H and O–H groups in total. The summed E-state index contributed by atoms with van der Waals surface area (Å²) < 4.78 is 45.3. The average Bonchev–Trinajstić information content (AvgIpc) is 2.68. The quantitative estimate of drug-likeness (QED) is 0.769. The van der Waals surface area contributed by atoms with Crippen LogP contribution in [-0.2, 0) is 20.9 Å². The number of carbonyl (C=O) groups excluding carboxylic acids is 3. The van der Waals surface area contributed by atoms with E-state index in [1.54, 1.807) is 0 Å². The summed E-state index contributed by atoms with van der Waals surface area (Å²) in [4.78, 5) is 35.4. The van der Waals surface area contributed by atoms with Crippen molar-refractivity contribution < 1.29 is 37.0 Å². The lowest BCUT2D eigenvalue weighted by molar-refractivity contribution is -0.274. The van der Waals surface area contributed by atoms with E-state index in [1.807, 2.05) is 0 Å². The molecule has 2 aromatic rings. The first kappa shape index (κ1) is 20.2. The number of nitrogens with one attached hydrogen (secondary N) is 1. The van der Waals surface area contributed by atoms with E-state index in [-0.39, 0.29) is 42.6 Å². The van der Waals surface area contributed by atoms with Crippen molar-refractivity contribution in [3.8, 4) is 5.75 Å². The Balaban J connectivity index is 1.57. The molecule has 152 valence electrons. The molecule has 3 rings (SSSR count). The van der Waals surface area contributed by atoms with Gasteiger partial charge >= 0.3 is 12.3 Å². The number of alkyl halides is 3. The molecule has 0 spiro atoms. The van der Waals surface area contributed by atoms with E-state index in [4.69, 9.17) is 4.74 Å². The first-order valence-electron chi connectivity index (χ1n) is 8.45. The summed E-state index contributed by atoms with van der Waals surface area (Å²) in [5.41, 5.74) is 3.53. The fourth-order valence-electron chi connectivity index (χ4n) is 2.55. The minimum absolute atomic E-state index is 0.0996. The van der Waals surface area contributed by atoms with Crippen molar-refractivity contribution in [2.24, 2.45) is 0 Å². The predicted molar refractivity (Wildman–Crippen MR) is 93.5 cm³/mol. The van der Waals surface area contributed by atoms with Crippen LogP contribution in [0.2, 0.25) is 0 Å². The molecule has 0 bridgehead atoms. The minimum Gasteiger partial charge on any atom is -0.457 e.